The predicted octanol–water partition coefficient (Wildman–Crippen LogP) is 2.92. The van der Waals surface area contributed by atoms with Gasteiger partial charge in [-0.05, 0) is 12.8 Å². The molecule has 1 fully saturated rings. The summed E-state index contributed by atoms with van der Waals surface area (Å²) in [6.45, 7) is 1.22. The van der Waals surface area contributed by atoms with Gasteiger partial charge in [0.25, 0.3) is 5.91 Å². The summed E-state index contributed by atoms with van der Waals surface area (Å²) in [5, 5.41) is 3.12. The van der Waals surface area contributed by atoms with E-state index >= 15 is 0 Å². The van der Waals surface area contributed by atoms with Crippen molar-refractivity contribution in [2.24, 2.45) is 0 Å². The number of fused-ring (bicyclic) bond motifs is 1. The quantitative estimate of drug-likeness (QED) is 0.933. The third-order valence-corrected chi connectivity index (χ3v) is 4.25. The van der Waals surface area contributed by atoms with Crippen LogP contribution in [0.3, 0.4) is 0 Å². The number of hydrogen-bond acceptors (Lipinski definition) is 4. The molecule has 1 N–H and O–H groups in total. The molecule has 1 aliphatic heterocycles. The summed E-state index contributed by atoms with van der Waals surface area (Å²) < 4.78 is 16.7. The maximum atomic E-state index is 12.6. The first kappa shape index (κ1) is 15.0. The Kier molecular flexibility index (Phi) is 4.71. The Bertz CT molecular complexity index is 538. The number of methoxy groups -OCH3 is 1. The van der Waals surface area contributed by atoms with E-state index in [0.29, 0.717) is 36.0 Å². The third kappa shape index (κ3) is 3.29. The van der Waals surface area contributed by atoms with Gasteiger partial charge in [-0.25, -0.2) is 0 Å². The van der Waals surface area contributed by atoms with Crippen molar-refractivity contribution < 1.29 is 19.0 Å². The van der Waals surface area contributed by atoms with Gasteiger partial charge in [-0.15, -0.1) is 0 Å². The molecule has 120 valence electrons. The molecule has 1 saturated carbocycles. The molecule has 1 amide bonds. The van der Waals surface area contributed by atoms with Crippen molar-refractivity contribution in [3.05, 3.63) is 17.7 Å². The van der Waals surface area contributed by atoms with Gasteiger partial charge in [-0.2, -0.15) is 0 Å². The molecule has 1 heterocycles. The zero-order chi connectivity index (χ0) is 15.4. The Labute approximate surface area is 130 Å². The van der Waals surface area contributed by atoms with Gasteiger partial charge < -0.3 is 19.5 Å². The average molecular weight is 305 g/mol. The number of carbonyl (C=O) groups is 1. The predicted molar refractivity (Wildman–Crippen MR) is 82.9 cm³/mol. The van der Waals surface area contributed by atoms with E-state index < -0.39 is 0 Å². The molecule has 1 aromatic rings. The van der Waals surface area contributed by atoms with E-state index in [1.807, 2.05) is 0 Å². The monoisotopic (exact) mass is 305 g/mol. The standard InChI is InChI=1S/C17H23NO4/c1-20-14-11-16-15(21-8-5-9-22-16)10-13(14)17(19)18-12-6-3-2-4-7-12/h10-12H,2-9H2,1H3,(H,18,19). The SMILES string of the molecule is COc1cc2c(cc1C(=O)NC1CCCCC1)OCCCO2. The highest BCUT2D eigenvalue weighted by Gasteiger charge is 2.22. The lowest BCUT2D eigenvalue weighted by Gasteiger charge is -2.23. The molecule has 1 aliphatic carbocycles. The van der Waals surface area contributed by atoms with Crippen molar-refractivity contribution in [3.63, 3.8) is 0 Å². The van der Waals surface area contributed by atoms with E-state index in [2.05, 4.69) is 5.32 Å². The minimum absolute atomic E-state index is 0.0978. The molecule has 0 radical (unpaired) electrons. The fourth-order valence-electron chi connectivity index (χ4n) is 3.05. The Balaban J connectivity index is 1.81. The summed E-state index contributed by atoms with van der Waals surface area (Å²) in [4.78, 5) is 12.6. The highest BCUT2D eigenvalue weighted by atomic mass is 16.5. The van der Waals surface area contributed by atoms with Gasteiger partial charge in [0, 0.05) is 24.6 Å². The molecule has 0 saturated heterocycles. The van der Waals surface area contributed by atoms with Crippen molar-refractivity contribution in [3.8, 4) is 17.2 Å². The first-order valence-corrected chi connectivity index (χ1v) is 8.06. The van der Waals surface area contributed by atoms with Crippen LogP contribution in [0.25, 0.3) is 0 Å². The maximum absolute atomic E-state index is 12.6. The maximum Gasteiger partial charge on any atom is 0.255 e. The highest BCUT2D eigenvalue weighted by Crippen LogP contribution is 2.36. The number of nitrogens with one attached hydrogen (secondary N) is 1. The zero-order valence-electron chi connectivity index (χ0n) is 13.0. The normalized spacial score (nSPS) is 18.4. The number of rotatable bonds is 3. The Morgan fingerprint density at radius 1 is 1.09 bits per heavy atom. The molecule has 5 heteroatoms. The lowest BCUT2D eigenvalue weighted by atomic mass is 9.95. The van der Waals surface area contributed by atoms with Crippen LogP contribution < -0.4 is 19.5 Å². The summed E-state index contributed by atoms with van der Waals surface area (Å²) in [5.74, 6) is 1.69. The van der Waals surface area contributed by atoms with Gasteiger partial charge in [-0.3, -0.25) is 4.79 Å². The summed E-state index contributed by atoms with van der Waals surface area (Å²) >= 11 is 0. The minimum Gasteiger partial charge on any atom is -0.496 e. The summed E-state index contributed by atoms with van der Waals surface area (Å²) in [6, 6.07) is 3.75. The van der Waals surface area contributed by atoms with E-state index in [1.54, 1.807) is 19.2 Å². The topological polar surface area (TPSA) is 56.8 Å². The van der Waals surface area contributed by atoms with Crippen LogP contribution in [0, 0.1) is 0 Å². The zero-order valence-corrected chi connectivity index (χ0v) is 13.0. The van der Waals surface area contributed by atoms with Gasteiger partial charge in [-0.1, -0.05) is 19.3 Å². The van der Waals surface area contributed by atoms with E-state index in [-0.39, 0.29) is 11.9 Å². The van der Waals surface area contributed by atoms with Crippen LogP contribution in [-0.4, -0.2) is 32.3 Å². The van der Waals surface area contributed by atoms with Gasteiger partial charge in [0.2, 0.25) is 0 Å². The number of amides is 1. The second-order valence-electron chi connectivity index (χ2n) is 5.86. The van der Waals surface area contributed by atoms with Crippen molar-refractivity contribution in [2.45, 2.75) is 44.6 Å². The molecular formula is C17H23NO4. The Morgan fingerprint density at radius 3 is 2.45 bits per heavy atom. The van der Waals surface area contributed by atoms with Crippen LogP contribution in [0.2, 0.25) is 0 Å². The third-order valence-electron chi connectivity index (χ3n) is 4.25. The van der Waals surface area contributed by atoms with Crippen LogP contribution in [-0.2, 0) is 0 Å². The average Bonchev–Trinajstić information content (AvgIpc) is 2.79. The summed E-state index contributed by atoms with van der Waals surface area (Å²) in [5.41, 5.74) is 0.511. The van der Waals surface area contributed by atoms with Crippen LogP contribution in [0.4, 0.5) is 0 Å². The first-order chi connectivity index (χ1) is 10.8. The molecule has 0 atom stereocenters. The lowest BCUT2D eigenvalue weighted by Crippen LogP contribution is -2.36. The molecule has 2 aliphatic rings. The second-order valence-corrected chi connectivity index (χ2v) is 5.86. The van der Waals surface area contributed by atoms with Gasteiger partial charge in [0.15, 0.2) is 11.5 Å². The van der Waals surface area contributed by atoms with E-state index in [4.69, 9.17) is 14.2 Å². The van der Waals surface area contributed by atoms with Crippen LogP contribution in [0.5, 0.6) is 17.2 Å². The lowest BCUT2D eigenvalue weighted by molar-refractivity contribution is 0.0924. The van der Waals surface area contributed by atoms with Crippen molar-refractivity contribution in [2.75, 3.05) is 20.3 Å². The number of carbonyl (C=O) groups excluding carboxylic acids is 1. The van der Waals surface area contributed by atoms with Crippen molar-refractivity contribution in [1.29, 1.82) is 0 Å². The molecule has 0 bridgehead atoms. The van der Waals surface area contributed by atoms with Crippen LogP contribution in [0.15, 0.2) is 12.1 Å². The number of benzene rings is 1. The molecule has 22 heavy (non-hydrogen) atoms. The van der Waals surface area contributed by atoms with Crippen molar-refractivity contribution >= 4 is 5.91 Å². The Morgan fingerprint density at radius 2 is 1.77 bits per heavy atom. The van der Waals surface area contributed by atoms with Gasteiger partial charge >= 0.3 is 0 Å². The van der Waals surface area contributed by atoms with E-state index in [0.717, 1.165) is 19.3 Å². The highest BCUT2D eigenvalue weighted by molar-refractivity contribution is 5.98. The van der Waals surface area contributed by atoms with Gasteiger partial charge in [0.1, 0.15) is 5.75 Å². The van der Waals surface area contributed by atoms with Crippen LogP contribution in [0.1, 0.15) is 48.9 Å². The number of hydrogen-bond donors (Lipinski definition) is 1. The fourth-order valence-corrected chi connectivity index (χ4v) is 3.05. The smallest absolute Gasteiger partial charge is 0.255 e. The molecule has 0 unspecified atom stereocenters. The first-order valence-electron chi connectivity index (χ1n) is 8.06. The largest absolute Gasteiger partial charge is 0.496 e. The molecule has 0 aromatic heterocycles. The van der Waals surface area contributed by atoms with Crippen LogP contribution >= 0.6 is 0 Å². The van der Waals surface area contributed by atoms with Crippen molar-refractivity contribution in [1.82, 2.24) is 5.32 Å². The van der Waals surface area contributed by atoms with E-state index in [1.165, 1.54) is 19.3 Å². The number of ether oxygens (including phenoxy) is 3. The van der Waals surface area contributed by atoms with E-state index in [9.17, 15) is 4.79 Å². The molecule has 5 nitrogen and oxygen atoms in total. The van der Waals surface area contributed by atoms with Gasteiger partial charge in [0.05, 0.1) is 25.9 Å². The molecular weight excluding hydrogens is 282 g/mol. The minimum atomic E-state index is -0.0978. The Hall–Kier alpha value is -1.91. The molecule has 1 aromatic carbocycles. The summed E-state index contributed by atoms with van der Waals surface area (Å²) in [6.07, 6.45) is 6.57. The fraction of sp³-hybridized carbons (Fsp3) is 0.588. The molecule has 0 spiro atoms. The molecule has 3 rings (SSSR count). The second kappa shape index (κ2) is 6.90. The summed E-state index contributed by atoms with van der Waals surface area (Å²) in [7, 11) is 1.57.